The van der Waals surface area contributed by atoms with Gasteiger partial charge in [0.25, 0.3) is 5.91 Å². The van der Waals surface area contributed by atoms with E-state index in [-0.39, 0.29) is 11.8 Å². The van der Waals surface area contributed by atoms with Gasteiger partial charge in [0.1, 0.15) is 0 Å². The number of hydrogen-bond donors (Lipinski definition) is 1. The first-order valence-corrected chi connectivity index (χ1v) is 8.47. The summed E-state index contributed by atoms with van der Waals surface area (Å²) in [5.41, 5.74) is 2.00. The predicted octanol–water partition coefficient (Wildman–Crippen LogP) is 1.87. The van der Waals surface area contributed by atoms with Gasteiger partial charge < -0.3 is 14.9 Å². The zero-order valence-electron chi connectivity index (χ0n) is 13.4. The van der Waals surface area contributed by atoms with Gasteiger partial charge in [-0.15, -0.1) is 0 Å². The van der Waals surface area contributed by atoms with Crippen molar-refractivity contribution in [2.75, 3.05) is 32.7 Å². The number of amides is 1. The second-order valence-corrected chi connectivity index (χ2v) is 6.51. The summed E-state index contributed by atoms with van der Waals surface area (Å²) in [6.45, 7) is 4.00. The number of carboxylic acids is 1. The second-order valence-electron chi connectivity index (χ2n) is 6.51. The van der Waals surface area contributed by atoms with Gasteiger partial charge in [-0.25, -0.2) is 0 Å². The molecule has 0 bridgehead atoms. The SMILES string of the molecule is O=C(O)C1CCN(CCN2CCCc3ccccc3C2=O)CC1. The van der Waals surface area contributed by atoms with E-state index in [0.29, 0.717) is 12.8 Å². The smallest absolute Gasteiger partial charge is 0.306 e. The fourth-order valence-electron chi connectivity index (χ4n) is 3.56. The van der Waals surface area contributed by atoms with Crippen molar-refractivity contribution in [3.05, 3.63) is 35.4 Å². The molecule has 5 heteroatoms. The molecule has 23 heavy (non-hydrogen) atoms. The molecule has 1 N–H and O–H groups in total. The Balaban J connectivity index is 1.55. The zero-order chi connectivity index (χ0) is 16.2. The Hall–Kier alpha value is -1.88. The molecule has 1 aromatic carbocycles. The highest BCUT2D eigenvalue weighted by molar-refractivity contribution is 5.96. The van der Waals surface area contributed by atoms with Crippen LogP contribution < -0.4 is 0 Å². The third-order valence-corrected chi connectivity index (χ3v) is 5.03. The fourth-order valence-corrected chi connectivity index (χ4v) is 3.56. The van der Waals surface area contributed by atoms with E-state index >= 15 is 0 Å². The number of nitrogens with zero attached hydrogens (tertiary/aromatic N) is 2. The van der Waals surface area contributed by atoms with Gasteiger partial charge in [0.15, 0.2) is 0 Å². The molecule has 2 heterocycles. The number of aryl methyl sites for hydroxylation is 1. The first-order valence-electron chi connectivity index (χ1n) is 8.47. The van der Waals surface area contributed by atoms with E-state index in [2.05, 4.69) is 4.90 Å². The van der Waals surface area contributed by atoms with Crippen LogP contribution in [0, 0.1) is 5.92 Å². The molecule has 0 spiro atoms. The maximum absolute atomic E-state index is 12.7. The Labute approximate surface area is 136 Å². The lowest BCUT2D eigenvalue weighted by atomic mass is 9.97. The molecule has 1 saturated heterocycles. The predicted molar refractivity (Wildman–Crippen MR) is 87.5 cm³/mol. The summed E-state index contributed by atoms with van der Waals surface area (Å²) in [6, 6.07) is 7.90. The minimum absolute atomic E-state index is 0.138. The topological polar surface area (TPSA) is 60.9 Å². The summed E-state index contributed by atoms with van der Waals surface area (Å²) in [7, 11) is 0. The number of rotatable bonds is 4. The molecule has 0 aliphatic carbocycles. The molecule has 1 amide bonds. The van der Waals surface area contributed by atoms with Crippen LogP contribution in [0.1, 0.15) is 35.2 Å². The molecule has 0 aromatic heterocycles. The highest BCUT2D eigenvalue weighted by Gasteiger charge is 2.26. The summed E-state index contributed by atoms with van der Waals surface area (Å²) in [4.78, 5) is 27.9. The number of piperidine rings is 1. The number of benzene rings is 1. The van der Waals surface area contributed by atoms with E-state index in [9.17, 15) is 9.59 Å². The van der Waals surface area contributed by atoms with Crippen molar-refractivity contribution >= 4 is 11.9 Å². The van der Waals surface area contributed by atoms with Gasteiger partial charge in [-0.3, -0.25) is 9.59 Å². The van der Waals surface area contributed by atoms with Crippen molar-refractivity contribution in [3.8, 4) is 0 Å². The second kappa shape index (κ2) is 7.13. The minimum Gasteiger partial charge on any atom is -0.481 e. The van der Waals surface area contributed by atoms with Crippen LogP contribution >= 0.6 is 0 Å². The molecular weight excluding hydrogens is 292 g/mol. The average molecular weight is 316 g/mol. The van der Waals surface area contributed by atoms with Gasteiger partial charge in [-0.05, 0) is 50.4 Å². The quantitative estimate of drug-likeness (QED) is 0.921. The van der Waals surface area contributed by atoms with Crippen molar-refractivity contribution in [2.24, 2.45) is 5.92 Å². The lowest BCUT2D eigenvalue weighted by Crippen LogP contribution is -2.42. The monoisotopic (exact) mass is 316 g/mol. The van der Waals surface area contributed by atoms with Crippen LogP contribution in [0.2, 0.25) is 0 Å². The largest absolute Gasteiger partial charge is 0.481 e. The van der Waals surface area contributed by atoms with Crippen molar-refractivity contribution in [1.82, 2.24) is 9.80 Å². The van der Waals surface area contributed by atoms with E-state index in [0.717, 1.165) is 56.7 Å². The number of carboxylic acid groups (broad SMARTS) is 1. The Morgan fingerprint density at radius 1 is 1.13 bits per heavy atom. The number of hydrogen-bond acceptors (Lipinski definition) is 3. The van der Waals surface area contributed by atoms with Gasteiger partial charge in [0.2, 0.25) is 0 Å². The lowest BCUT2D eigenvalue weighted by molar-refractivity contribution is -0.143. The highest BCUT2D eigenvalue weighted by atomic mass is 16.4. The summed E-state index contributed by atoms with van der Waals surface area (Å²) < 4.78 is 0. The van der Waals surface area contributed by atoms with Gasteiger partial charge in [-0.2, -0.15) is 0 Å². The first kappa shape index (κ1) is 16.0. The molecule has 5 nitrogen and oxygen atoms in total. The first-order chi connectivity index (χ1) is 11.1. The van der Waals surface area contributed by atoms with Crippen molar-refractivity contribution in [1.29, 1.82) is 0 Å². The van der Waals surface area contributed by atoms with Crippen molar-refractivity contribution in [2.45, 2.75) is 25.7 Å². The zero-order valence-corrected chi connectivity index (χ0v) is 13.4. The van der Waals surface area contributed by atoms with Crippen LogP contribution in [-0.4, -0.2) is 59.5 Å². The molecule has 124 valence electrons. The van der Waals surface area contributed by atoms with Crippen LogP contribution in [0.4, 0.5) is 0 Å². The molecular formula is C18H24N2O3. The number of aliphatic carboxylic acids is 1. The molecule has 1 fully saturated rings. The Morgan fingerprint density at radius 3 is 2.61 bits per heavy atom. The molecule has 2 aliphatic rings. The summed E-state index contributed by atoms with van der Waals surface area (Å²) in [5, 5.41) is 9.05. The van der Waals surface area contributed by atoms with Crippen molar-refractivity contribution < 1.29 is 14.7 Å². The minimum atomic E-state index is -0.677. The van der Waals surface area contributed by atoms with Crippen LogP contribution in [0.3, 0.4) is 0 Å². The third kappa shape index (κ3) is 3.72. The molecule has 0 radical (unpaired) electrons. The summed E-state index contributed by atoms with van der Waals surface area (Å²) in [5.74, 6) is -0.736. The lowest BCUT2D eigenvalue weighted by Gasteiger charge is -2.32. The molecule has 0 unspecified atom stereocenters. The molecule has 0 atom stereocenters. The average Bonchev–Trinajstić information content (AvgIpc) is 2.73. The number of fused-ring (bicyclic) bond motifs is 1. The van der Waals surface area contributed by atoms with Crippen LogP contribution in [0.15, 0.2) is 24.3 Å². The Bertz CT molecular complexity index is 579. The van der Waals surface area contributed by atoms with Crippen LogP contribution in [0.5, 0.6) is 0 Å². The molecule has 3 rings (SSSR count). The standard InChI is InChI=1S/C18H24N2O3/c21-17-16-6-2-1-4-14(16)5-3-9-20(17)13-12-19-10-7-15(8-11-19)18(22)23/h1-2,4,6,15H,3,5,7-13H2,(H,22,23). The van der Waals surface area contributed by atoms with Gasteiger partial charge in [0.05, 0.1) is 5.92 Å². The number of carbonyl (C=O) groups is 2. The van der Waals surface area contributed by atoms with E-state index in [4.69, 9.17) is 5.11 Å². The number of likely N-dealkylation sites (tertiary alicyclic amines) is 1. The van der Waals surface area contributed by atoms with E-state index in [1.165, 1.54) is 0 Å². The maximum Gasteiger partial charge on any atom is 0.306 e. The molecule has 1 aromatic rings. The fraction of sp³-hybridized carbons (Fsp3) is 0.556. The highest BCUT2D eigenvalue weighted by Crippen LogP contribution is 2.20. The van der Waals surface area contributed by atoms with E-state index in [1.54, 1.807) is 0 Å². The normalized spacial score (nSPS) is 20.2. The van der Waals surface area contributed by atoms with Gasteiger partial charge in [-0.1, -0.05) is 18.2 Å². The molecule has 2 aliphatic heterocycles. The van der Waals surface area contributed by atoms with Crippen LogP contribution in [-0.2, 0) is 11.2 Å². The Morgan fingerprint density at radius 2 is 1.87 bits per heavy atom. The van der Waals surface area contributed by atoms with E-state index < -0.39 is 5.97 Å². The Kier molecular flexibility index (Phi) is 4.96. The third-order valence-electron chi connectivity index (χ3n) is 5.03. The summed E-state index contributed by atoms with van der Waals surface area (Å²) in [6.07, 6.45) is 3.39. The van der Waals surface area contributed by atoms with Crippen molar-refractivity contribution in [3.63, 3.8) is 0 Å². The van der Waals surface area contributed by atoms with Gasteiger partial charge >= 0.3 is 5.97 Å². The maximum atomic E-state index is 12.7. The molecule has 0 saturated carbocycles. The van der Waals surface area contributed by atoms with E-state index in [1.807, 2.05) is 29.2 Å². The van der Waals surface area contributed by atoms with Gasteiger partial charge in [0, 0.05) is 25.2 Å². The van der Waals surface area contributed by atoms with Crippen LogP contribution in [0.25, 0.3) is 0 Å². The summed E-state index contributed by atoms with van der Waals surface area (Å²) >= 11 is 0. The number of carbonyl (C=O) groups excluding carboxylic acids is 1.